The molecule has 0 aliphatic carbocycles. The molecule has 0 saturated heterocycles. The Labute approximate surface area is 96.7 Å². The zero-order valence-electron chi connectivity index (χ0n) is 10.4. The average molecular weight is 230 g/mol. The summed E-state index contributed by atoms with van der Waals surface area (Å²) in [7, 11) is 1.38. The zero-order chi connectivity index (χ0) is 12.7. The molecule has 0 rings (SSSR count). The van der Waals surface area contributed by atoms with Gasteiger partial charge in [0.15, 0.2) is 0 Å². The van der Waals surface area contributed by atoms with E-state index in [1.54, 1.807) is 0 Å². The fourth-order valence-electron chi connectivity index (χ4n) is 1.74. The second-order valence-electron chi connectivity index (χ2n) is 4.30. The number of nitrogens with one attached hydrogen (secondary N) is 1. The van der Waals surface area contributed by atoms with Crippen LogP contribution in [0.25, 0.3) is 0 Å². The summed E-state index contributed by atoms with van der Waals surface area (Å²) in [5.74, 6) is -0.683. The van der Waals surface area contributed by atoms with E-state index in [0.717, 1.165) is 0 Å². The molecule has 0 aromatic heterocycles. The van der Waals surface area contributed by atoms with Crippen LogP contribution in [0.1, 0.15) is 33.6 Å². The molecule has 0 bridgehead atoms. The van der Waals surface area contributed by atoms with Crippen molar-refractivity contribution in [3.63, 3.8) is 0 Å². The van der Waals surface area contributed by atoms with Crippen LogP contribution in [-0.4, -0.2) is 31.1 Å². The molecule has 0 radical (unpaired) electrons. The van der Waals surface area contributed by atoms with Crippen molar-refractivity contribution in [3.05, 3.63) is 0 Å². The minimum absolute atomic E-state index is 0.0253. The molecule has 0 heterocycles. The molecule has 3 N–H and O–H groups in total. The number of ether oxygens (including phenoxy) is 1. The van der Waals surface area contributed by atoms with E-state index in [2.05, 4.69) is 10.1 Å². The van der Waals surface area contributed by atoms with E-state index in [1.807, 2.05) is 20.8 Å². The summed E-state index contributed by atoms with van der Waals surface area (Å²) in [6.45, 7) is 5.68. The van der Waals surface area contributed by atoms with Crippen LogP contribution in [0.15, 0.2) is 0 Å². The summed E-state index contributed by atoms with van der Waals surface area (Å²) in [5, 5.41) is 3.21. The van der Waals surface area contributed by atoms with Crippen LogP contribution < -0.4 is 11.1 Å². The minimum atomic E-state index is -0.326. The van der Waals surface area contributed by atoms with Gasteiger partial charge in [0.2, 0.25) is 5.91 Å². The quantitative estimate of drug-likeness (QED) is 0.621. The van der Waals surface area contributed by atoms with Crippen molar-refractivity contribution < 1.29 is 14.3 Å². The van der Waals surface area contributed by atoms with Gasteiger partial charge in [0.05, 0.1) is 13.0 Å². The van der Waals surface area contributed by atoms with Gasteiger partial charge >= 0.3 is 5.97 Å². The summed E-state index contributed by atoms with van der Waals surface area (Å²) < 4.78 is 4.64. The number of carbonyl (C=O) groups is 2. The third kappa shape index (κ3) is 6.40. The average Bonchev–Trinajstić information content (AvgIpc) is 2.14. The lowest BCUT2D eigenvalue weighted by Crippen LogP contribution is -2.38. The first-order chi connectivity index (χ1) is 7.36. The lowest BCUT2D eigenvalue weighted by Gasteiger charge is -2.21. The fourth-order valence-corrected chi connectivity index (χ4v) is 1.74. The highest BCUT2D eigenvalue weighted by Gasteiger charge is 2.18. The summed E-state index contributed by atoms with van der Waals surface area (Å²) in [5.41, 5.74) is 5.09. The van der Waals surface area contributed by atoms with Crippen LogP contribution in [-0.2, 0) is 14.3 Å². The van der Waals surface area contributed by atoms with Crippen LogP contribution in [0.3, 0.4) is 0 Å². The molecular formula is C11H22N2O3. The molecule has 3 unspecified atom stereocenters. The first-order valence-corrected chi connectivity index (χ1v) is 5.49. The second kappa shape index (κ2) is 7.22. The van der Waals surface area contributed by atoms with Crippen LogP contribution >= 0.6 is 0 Å². The zero-order valence-corrected chi connectivity index (χ0v) is 10.4. The predicted octanol–water partition coefficient (Wildman–Crippen LogP) is 0.428. The minimum Gasteiger partial charge on any atom is -0.469 e. The molecule has 0 aliphatic rings. The van der Waals surface area contributed by atoms with Crippen LogP contribution in [0.5, 0.6) is 0 Å². The van der Waals surface area contributed by atoms with E-state index in [0.29, 0.717) is 12.8 Å². The Hall–Kier alpha value is -1.10. The molecule has 0 fully saturated rings. The number of amides is 1. The summed E-state index contributed by atoms with van der Waals surface area (Å²) in [4.78, 5) is 21.9. The van der Waals surface area contributed by atoms with Crippen molar-refractivity contribution in [1.82, 2.24) is 5.32 Å². The third-order valence-electron chi connectivity index (χ3n) is 2.39. The Morgan fingerprint density at radius 2 is 1.81 bits per heavy atom. The molecule has 94 valence electrons. The Bertz CT molecular complexity index is 243. The van der Waals surface area contributed by atoms with Gasteiger partial charge in [-0.1, -0.05) is 6.92 Å². The summed E-state index contributed by atoms with van der Waals surface area (Å²) in [6, 6.07) is 0.167. The number of hydrogen-bond donors (Lipinski definition) is 2. The highest BCUT2D eigenvalue weighted by molar-refractivity contribution is 5.74. The number of esters is 1. The van der Waals surface area contributed by atoms with Gasteiger partial charge in [0.1, 0.15) is 0 Å². The lowest BCUT2D eigenvalue weighted by atomic mass is 10.0. The Morgan fingerprint density at radius 3 is 2.25 bits per heavy atom. The number of hydrogen-bond acceptors (Lipinski definition) is 4. The van der Waals surface area contributed by atoms with E-state index >= 15 is 0 Å². The Balaban J connectivity index is 3.93. The van der Waals surface area contributed by atoms with E-state index in [9.17, 15) is 9.59 Å². The molecule has 0 aromatic rings. The molecule has 0 aliphatic heterocycles. The first kappa shape index (κ1) is 14.9. The van der Waals surface area contributed by atoms with Gasteiger partial charge in [-0.05, 0) is 20.3 Å². The van der Waals surface area contributed by atoms with E-state index in [-0.39, 0.29) is 29.9 Å². The number of methoxy groups -OCH3 is 1. The number of nitrogens with two attached hydrogens (primary N) is 1. The molecule has 16 heavy (non-hydrogen) atoms. The van der Waals surface area contributed by atoms with E-state index < -0.39 is 0 Å². The van der Waals surface area contributed by atoms with Crippen LogP contribution in [0.2, 0.25) is 0 Å². The third-order valence-corrected chi connectivity index (χ3v) is 2.39. The molecular weight excluding hydrogens is 208 g/mol. The molecule has 0 saturated carbocycles. The van der Waals surface area contributed by atoms with Crippen LogP contribution in [0, 0.1) is 5.92 Å². The fraction of sp³-hybridized carbons (Fsp3) is 0.818. The van der Waals surface area contributed by atoms with E-state index in [4.69, 9.17) is 5.73 Å². The van der Waals surface area contributed by atoms with Crippen LogP contribution in [0.4, 0.5) is 0 Å². The van der Waals surface area contributed by atoms with Crippen molar-refractivity contribution in [2.24, 2.45) is 11.7 Å². The van der Waals surface area contributed by atoms with Crippen molar-refractivity contribution in [2.75, 3.05) is 7.11 Å². The van der Waals surface area contributed by atoms with Gasteiger partial charge in [-0.3, -0.25) is 9.59 Å². The van der Waals surface area contributed by atoms with Gasteiger partial charge < -0.3 is 15.8 Å². The van der Waals surface area contributed by atoms with Gasteiger partial charge in [0, 0.05) is 18.5 Å². The highest BCUT2D eigenvalue weighted by atomic mass is 16.5. The maximum absolute atomic E-state index is 11.2. The normalized spacial score (nSPS) is 16.2. The number of rotatable bonds is 7. The Kier molecular flexibility index (Phi) is 6.72. The number of primary amides is 1. The van der Waals surface area contributed by atoms with E-state index in [1.165, 1.54) is 7.11 Å². The van der Waals surface area contributed by atoms with Gasteiger partial charge in [-0.2, -0.15) is 0 Å². The van der Waals surface area contributed by atoms with Crippen molar-refractivity contribution >= 4 is 11.9 Å². The largest absolute Gasteiger partial charge is 0.469 e. The summed E-state index contributed by atoms with van der Waals surface area (Å²) >= 11 is 0. The van der Waals surface area contributed by atoms with Gasteiger partial charge in [0.25, 0.3) is 0 Å². The molecule has 1 amide bonds. The monoisotopic (exact) mass is 230 g/mol. The maximum atomic E-state index is 11.2. The molecule has 3 atom stereocenters. The number of carbonyl (C=O) groups excluding carboxylic acids is 2. The smallest absolute Gasteiger partial charge is 0.308 e. The molecule has 5 heteroatoms. The molecule has 0 aromatic carbocycles. The molecule has 5 nitrogen and oxygen atoms in total. The Morgan fingerprint density at radius 1 is 1.25 bits per heavy atom. The molecule has 0 spiro atoms. The van der Waals surface area contributed by atoms with Crippen molar-refractivity contribution in [2.45, 2.75) is 45.7 Å². The topological polar surface area (TPSA) is 81.4 Å². The lowest BCUT2D eigenvalue weighted by molar-refractivity contribution is -0.145. The van der Waals surface area contributed by atoms with Gasteiger partial charge in [-0.25, -0.2) is 0 Å². The maximum Gasteiger partial charge on any atom is 0.308 e. The second-order valence-corrected chi connectivity index (χ2v) is 4.30. The van der Waals surface area contributed by atoms with Crippen molar-refractivity contribution in [3.8, 4) is 0 Å². The SMILES string of the molecule is COC(=O)C(C)CC(C)NC(C)CC(N)=O. The summed E-state index contributed by atoms with van der Waals surface area (Å²) in [6.07, 6.45) is 0.979. The standard InChI is InChI=1S/C11H22N2O3/c1-7(11(15)16-4)5-8(2)13-9(3)6-10(12)14/h7-9,13H,5-6H2,1-4H3,(H2,12,14). The van der Waals surface area contributed by atoms with Crippen molar-refractivity contribution in [1.29, 1.82) is 0 Å². The highest BCUT2D eigenvalue weighted by Crippen LogP contribution is 2.08. The first-order valence-electron chi connectivity index (χ1n) is 5.49. The van der Waals surface area contributed by atoms with Gasteiger partial charge in [-0.15, -0.1) is 0 Å². The predicted molar refractivity (Wildman–Crippen MR) is 61.7 cm³/mol.